The van der Waals surface area contributed by atoms with Crippen LogP contribution < -0.4 is 4.74 Å². The van der Waals surface area contributed by atoms with Crippen molar-refractivity contribution in [2.45, 2.75) is 13.8 Å². The number of aryl methyl sites for hydroxylation is 1. The van der Waals surface area contributed by atoms with Gasteiger partial charge in [-0.05, 0) is 31.0 Å². The van der Waals surface area contributed by atoms with Crippen LogP contribution in [0.3, 0.4) is 0 Å². The molecule has 1 N–H and O–H groups in total. The lowest BCUT2D eigenvalue weighted by atomic mass is 10.1. The zero-order chi connectivity index (χ0) is 10.7. The molecule has 0 bridgehead atoms. The Morgan fingerprint density at radius 3 is 2.50 bits per heavy atom. The van der Waals surface area contributed by atoms with E-state index in [0.717, 1.165) is 11.1 Å². The summed E-state index contributed by atoms with van der Waals surface area (Å²) in [4.78, 5) is 0. The van der Waals surface area contributed by atoms with Crippen LogP contribution in [0.1, 0.15) is 11.1 Å². The van der Waals surface area contributed by atoms with Gasteiger partial charge in [-0.3, -0.25) is 0 Å². The van der Waals surface area contributed by atoms with E-state index >= 15 is 0 Å². The van der Waals surface area contributed by atoms with Gasteiger partial charge >= 0.3 is 0 Å². The molecule has 0 saturated carbocycles. The second kappa shape index (κ2) is 4.87. The smallest absolute Gasteiger partial charge is 0.138 e. The maximum Gasteiger partial charge on any atom is 0.138 e. The summed E-state index contributed by atoms with van der Waals surface area (Å²) in [6, 6.07) is 1.77. The van der Waals surface area contributed by atoms with Crippen molar-refractivity contribution >= 4 is 23.2 Å². The maximum absolute atomic E-state index is 8.62. The Morgan fingerprint density at radius 2 is 1.93 bits per heavy atom. The van der Waals surface area contributed by atoms with E-state index < -0.39 is 0 Å². The van der Waals surface area contributed by atoms with Crippen molar-refractivity contribution in [2.24, 2.45) is 0 Å². The van der Waals surface area contributed by atoms with Crippen LogP contribution in [0.2, 0.25) is 10.0 Å². The monoisotopic (exact) mass is 234 g/mol. The molecular weight excluding hydrogens is 223 g/mol. The molecule has 1 aromatic carbocycles. The Balaban J connectivity index is 3.06. The molecule has 0 spiro atoms. The zero-order valence-electron chi connectivity index (χ0n) is 8.10. The number of ether oxygens (including phenoxy) is 1. The molecule has 1 aromatic rings. The number of rotatable bonds is 3. The molecule has 0 aliphatic carbocycles. The molecule has 0 aliphatic heterocycles. The third-order valence-electron chi connectivity index (χ3n) is 1.92. The minimum atomic E-state index is -0.0307. The van der Waals surface area contributed by atoms with Crippen molar-refractivity contribution in [3.63, 3.8) is 0 Å². The largest absolute Gasteiger partial charge is 0.490 e. The van der Waals surface area contributed by atoms with Gasteiger partial charge in [-0.2, -0.15) is 0 Å². The summed E-state index contributed by atoms with van der Waals surface area (Å²) in [6.07, 6.45) is 0. The first-order valence-corrected chi connectivity index (χ1v) is 5.02. The van der Waals surface area contributed by atoms with Gasteiger partial charge in [0, 0.05) is 5.02 Å². The summed E-state index contributed by atoms with van der Waals surface area (Å²) in [7, 11) is 0. The second-order valence-electron chi connectivity index (χ2n) is 3.02. The molecule has 0 aliphatic rings. The molecule has 2 nitrogen and oxygen atoms in total. The minimum Gasteiger partial charge on any atom is -0.490 e. The Morgan fingerprint density at radius 1 is 1.29 bits per heavy atom. The van der Waals surface area contributed by atoms with Gasteiger partial charge in [0.1, 0.15) is 12.4 Å². The quantitative estimate of drug-likeness (QED) is 0.872. The molecule has 78 valence electrons. The van der Waals surface area contributed by atoms with Gasteiger partial charge in [0.05, 0.1) is 11.6 Å². The van der Waals surface area contributed by atoms with Gasteiger partial charge < -0.3 is 9.84 Å². The maximum atomic E-state index is 8.62. The summed E-state index contributed by atoms with van der Waals surface area (Å²) in [5.41, 5.74) is 1.72. The van der Waals surface area contributed by atoms with Crippen molar-refractivity contribution < 1.29 is 9.84 Å². The Labute approximate surface area is 93.4 Å². The fourth-order valence-corrected chi connectivity index (χ4v) is 1.56. The molecule has 0 saturated heterocycles. The van der Waals surface area contributed by atoms with Crippen LogP contribution in [-0.2, 0) is 0 Å². The van der Waals surface area contributed by atoms with E-state index in [2.05, 4.69) is 0 Å². The Hall–Kier alpha value is -0.440. The molecule has 0 atom stereocenters. The number of hydrogen-bond acceptors (Lipinski definition) is 2. The van der Waals surface area contributed by atoms with Crippen molar-refractivity contribution in [1.29, 1.82) is 0 Å². The van der Waals surface area contributed by atoms with Crippen LogP contribution in [0, 0.1) is 13.8 Å². The van der Waals surface area contributed by atoms with Gasteiger partial charge in [0.15, 0.2) is 0 Å². The molecule has 0 amide bonds. The number of aliphatic hydroxyl groups excluding tert-OH is 1. The molecule has 0 fully saturated rings. The first-order chi connectivity index (χ1) is 6.57. The molecule has 0 aromatic heterocycles. The lowest BCUT2D eigenvalue weighted by molar-refractivity contribution is 0.201. The summed E-state index contributed by atoms with van der Waals surface area (Å²) in [5.74, 6) is 0.570. The number of hydrogen-bond donors (Lipinski definition) is 1. The predicted molar refractivity (Wildman–Crippen MR) is 58.5 cm³/mol. The second-order valence-corrected chi connectivity index (χ2v) is 3.77. The molecule has 0 radical (unpaired) electrons. The van der Waals surface area contributed by atoms with Crippen LogP contribution in [-0.4, -0.2) is 18.3 Å². The van der Waals surface area contributed by atoms with Gasteiger partial charge in [0.2, 0.25) is 0 Å². The topological polar surface area (TPSA) is 29.5 Å². The molecule has 14 heavy (non-hydrogen) atoms. The zero-order valence-corrected chi connectivity index (χ0v) is 9.61. The van der Waals surface area contributed by atoms with Gasteiger partial charge in [-0.1, -0.05) is 23.2 Å². The highest BCUT2D eigenvalue weighted by atomic mass is 35.5. The van der Waals surface area contributed by atoms with Crippen LogP contribution in [0.5, 0.6) is 5.75 Å². The van der Waals surface area contributed by atoms with E-state index in [1.165, 1.54) is 0 Å². The van der Waals surface area contributed by atoms with Crippen molar-refractivity contribution in [2.75, 3.05) is 13.2 Å². The average Bonchev–Trinajstić information content (AvgIpc) is 2.18. The third kappa shape index (κ3) is 2.32. The predicted octanol–water partition coefficient (Wildman–Crippen LogP) is 2.98. The number of aliphatic hydroxyl groups is 1. The van der Waals surface area contributed by atoms with Crippen LogP contribution in [0.25, 0.3) is 0 Å². The summed E-state index contributed by atoms with van der Waals surface area (Å²) in [5, 5.41) is 9.78. The normalized spacial score (nSPS) is 10.4. The van der Waals surface area contributed by atoms with E-state index in [4.69, 9.17) is 33.0 Å². The highest BCUT2D eigenvalue weighted by molar-refractivity contribution is 6.37. The Kier molecular flexibility index (Phi) is 4.05. The highest BCUT2D eigenvalue weighted by Gasteiger charge is 2.10. The molecule has 0 heterocycles. The number of benzene rings is 1. The third-order valence-corrected chi connectivity index (χ3v) is 2.97. The SMILES string of the molecule is Cc1cc(OCCO)c(Cl)c(C)c1Cl. The molecular formula is C10H12Cl2O2. The van der Waals surface area contributed by atoms with Crippen molar-refractivity contribution in [3.8, 4) is 5.75 Å². The lowest BCUT2D eigenvalue weighted by Gasteiger charge is -2.11. The van der Waals surface area contributed by atoms with Gasteiger partial charge in [0.25, 0.3) is 0 Å². The Bertz CT molecular complexity index is 337. The van der Waals surface area contributed by atoms with E-state index in [9.17, 15) is 0 Å². The molecule has 4 heteroatoms. The highest BCUT2D eigenvalue weighted by Crippen LogP contribution is 2.35. The van der Waals surface area contributed by atoms with Crippen molar-refractivity contribution in [3.05, 3.63) is 27.2 Å². The van der Waals surface area contributed by atoms with Gasteiger partial charge in [-0.25, -0.2) is 0 Å². The summed E-state index contributed by atoms with van der Waals surface area (Å²) in [6.45, 7) is 3.93. The van der Waals surface area contributed by atoms with Crippen LogP contribution in [0.4, 0.5) is 0 Å². The first-order valence-electron chi connectivity index (χ1n) is 4.26. The van der Waals surface area contributed by atoms with E-state index in [0.29, 0.717) is 15.8 Å². The molecule has 1 rings (SSSR count). The fraction of sp³-hybridized carbons (Fsp3) is 0.400. The van der Waals surface area contributed by atoms with E-state index in [-0.39, 0.29) is 13.2 Å². The fourth-order valence-electron chi connectivity index (χ4n) is 1.16. The van der Waals surface area contributed by atoms with Crippen molar-refractivity contribution in [1.82, 2.24) is 0 Å². The first kappa shape index (κ1) is 11.6. The number of halogens is 2. The van der Waals surface area contributed by atoms with Crippen LogP contribution >= 0.6 is 23.2 Å². The standard InChI is InChI=1S/C10H12Cl2O2/c1-6-5-8(14-4-3-13)10(12)7(2)9(6)11/h5,13H,3-4H2,1-2H3. The average molecular weight is 235 g/mol. The lowest BCUT2D eigenvalue weighted by Crippen LogP contribution is -2.03. The van der Waals surface area contributed by atoms with Crippen LogP contribution in [0.15, 0.2) is 6.07 Å². The van der Waals surface area contributed by atoms with E-state index in [1.807, 2.05) is 13.8 Å². The summed E-state index contributed by atoms with van der Waals surface area (Å²) >= 11 is 12.0. The van der Waals surface area contributed by atoms with Gasteiger partial charge in [-0.15, -0.1) is 0 Å². The minimum absolute atomic E-state index is 0.0307. The summed E-state index contributed by atoms with van der Waals surface area (Å²) < 4.78 is 5.26. The van der Waals surface area contributed by atoms with E-state index in [1.54, 1.807) is 6.07 Å². The molecule has 0 unspecified atom stereocenters.